The van der Waals surface area contributed by atoms with Gasteiger partial charge in [-0.15, -0.1) is 0 Å². The Morgan fingerprint density at radius 1 is 1.37 bits per heavy atom. The van der Waals surface area contributed by atoms with Gasteiger partial charge in [0.05, 0.1) is 10.6 Å². The number of carbonyl (C=O) groups is 1. The predicted molar refractivity (Wildman–Crippen MR) is 73.8 cm³/mol. The van der Waals surface area contributed by atoms with Gasteiger partial charge < -0.3 is 4.90 Å². The number of nitrogens with zero attached hydrogens (tertiary/aromatic N) is 2. The van der Waals surface area contributed by atoms with E-state index in [1.165, 1.54) is 23.5 Å². The van der Waals surface area contributed by atoms with Crippen molar-refractivity contribution in [2.24, 2.45) is 0 Å². The first-order chi connectivity index (χ1) is 9.15. The van der Waals surface area contributed by atoms with Gasteiger partial charge in [0.2, 0.25) is 0 Å². The molecule has 0 bridgehead atoms. The van der Waals surface area contributed by atoms with E-state index in [2.05, 4.69) is 4.98 Å². The molecule has 0 aliphatic heterocycles. The van der Waals surface area contributed by atoms with Crippen LogP contribution in [-0.2, 0) is 6.42 Å². The highest BCUT2D eigenvalue weighted by atomic mass is 32.1. The Bertz CT molecular complexity index is 638. The zero-order valence-corrected chi connectivity index (χ0v) is 11.3. The Hall–Kier alpha value is -1.75. The van der Waals surface area contributed by atoms with E-state index in [0.717, 1.165) is 34.2 Å². The van der Waals surface area contributed by atoms with Gasteiger partial charge in [0, 0.05) is 19.2 Å². The SMILES string of the molecule is CN(c1cccc(F)c1)c1nc2c(s1)C(=O)CCC2. The number of hydrogen-bond donors (Lipinski definition) is 0. The molecular weight excluding hydrogens is 263 g/mol. The van der Waals surface area contributed by atoms with Crippen LogP contribution in [0.3, 0.4) is 0 Å². The Kier molecular flexibility index (Phi) is 3.06. The minimum absolute atomic E-state index is 0.178. The van der Waals surface area contributed by atoms with Crippen LogP contribution < -0.4 is 4.90 Å². The average molecular weight is 276 g/mol. The maximum atomic E-state index is 13.2. The maximum absolute atomic E-state index is 13.2. The van der Waals surface area contributed by atoms with Gasteiger partial charge in [0.1, 0.15) is 5.82 Å². The fraction of sp³-hybridized carbons (Fsp3) is 0.286. The number of carbonyl (C=O) groups excluding carboxylic acids is 1. The highest BCUT2D eigenvalue weighted by Gasteiger charge is 2.23. The molecule has 1 aliphatic carbocycles. The predicted octanol–water partition coefficient (Wildman–Crippen LogP) is 3.57. The quantitative estimate of drug-likeness (QED) is 0.840. The summed E-state index contributed by atoms with van der Waals surface area (Å²) < 4.78 is 13.2. The number of anilines is 2. The van der Waals surface area contributed by atoms with E-state index >= 15 is 0 Å². The van der Waals surface area contributed by atoms with Crippen molar-refractivity contribution < 1.29 is 9.18 Å². The Labute approximate surface area is 114 Å². The highest BCUT2D eigenvalue weighted by molar-refractivity contribution is 7.17. The summed E-state index contributed by atoms with van der Waals surface area (Å²) in [6, 6.07) is 6.36. The van der Waals surface area contributed by atoms with E-state index < -0.39 is 0 Å². The van der Waals surface area contributed by atoms with Crippen LogP contribution in [0.5, 0.6) is 0 Å². The number of halogens is 1. The summed E-state index contributed by atoms with van der Waals surface area (Å²) in [7, 11) is 1.84. The van der Waals surface area contributed by atoms with Crippen LogP contribution in [0.1, 0.15) is 28.2 Å². The van der Waals surface area contributed by atoms with Crippen LogP contribution in [0, 0.1) is 5.82 Å². The van der Waals surface area contributed by atoms with Crippen LogP contribution in [0.25, 0.3) is 0 Å². The third-order valence-corrected chi connectivity index (χ3v) is 4.45. The molecule has 0 amide bonds. The standard InChI is InChI=1S/C14H13FN2OS/c1-17(10-5-2-4-9(15)8-10)14-16-11-6-3-7-12(18)13(11)19-14/h2,4-5,8H,3,6-7H2,1H3. The first kappa shape index (κ1) is 12.3. The average Bonchev–Trinajstić information content (AvgIpc) is 2.83. The molecule has 0 spiro atoms. The molecule has 1 aromatic carbocycles. The number of thiazole rings is 1. The van der Waals surface area contributed by atoms with Gasteiger partial charge in [0.25, 0.3) is 0 Å². The zero-order chi connectivity index (χ0) is 13.4. The first-order valence-corrected chi connectivity index (χ1v) is 6.99. The van der Waals surface area contributed by atoms with E-state index in [0.29, 0.717) is 6.42 Å². The lowest BCUT2D eigenvalue weighted by molar-refractivity contribution is 0.0976. The third kappa shape index (κ3) is 2.26. The molecule has 19 heavy (non-hydrogen) atoms. The largest absolute Gasteiger partial charge is 0.321 e. The van der Waals surface area contributed by atoms with E-state index in [1.54, 1.807) is 6.07 Å². The molecule has 1 aliphatic rings. The van der Waals surface area contributed by atoms with Gasteiger partial charge in [-0.05, 0) is 31.0 Å². The lowest BCUT2D eigenvalue weighted by Crippen LogP contribution is -2.09. The number of aryl methyl sites for hydroxylation is 1. The highest BCUT2D eigenvalue weighted by Crippen LogP contribution is 2.34. The molecule has 3 rings (SSSR count). The van der Waals surface area contributed by atoms with E-state index in [-0.39, 0.29) is 11.6 Å². The Balaban J connectivity index is 1.96. The number of ketones is 1. The molecule has 3 nitrogen and oxygen atoms in total. The second-order valence-electron chi connectivity index (χ2n) is 4.59. The van der Waals surface area contributed by atoms with Crippen LogP contribution in [0.4, 0.5) is 15.2 Å². The first-order valence-electron chi connectivity index (χ1n) is 6.17. The number of aromatic nitrogens is 1. The summed E-state index contributed by atoms with van der Waals surface area (Å²) in [5.74, 6) is -0.0978. The minimum Gasteiger partial charge on any atom is -0.321 e. The molecule has 0 unspecified atom stereocenters. The lowest BCUT2D eigenvalue weighted by atomic mass is 10.0. The number of fused-ring (bicyclic) bond motifs is 1. The van der Waals surface area contributed by atoms with Crippen molar-refractivity contribution in [3.05, 3.63) is 40.7 Å². The minimum atomic E-state index is -0.276. The topological polar surface area (TPSA) is 33.2 Å². The smallest absolute Gasteiger partial charge is 0.190 e. The van der Waals surface area contributed by atoms with Crippen LogP contribution >= 0.6 is 11.3 Å². The summed E-state index contributed by atoms with van der Waals surface area (Å²) in [6.07, 6.45) is 2.34. The lowest BCUT2D eigenvalue weighted by Gasteiger charge is -2.15. The molecule has 1 aromatic heterocycles. The van der Waals surface area contributed by atoms with Gasteiger partial charge in [-0.1, -0.05) is 17.4 Å². The van der Waals surface area contributed by atoms with Crippen molar-refractivity contribution in [2.75, 3.05) is 11.9 Å². The normalized spacial score (nSPS) is 14.3. The van der Waals surface area contributed by atoms with Crippen LogP contribution in [0.2, 0.25) is 0 Å². The number of rotatable bonds is 2. The summed E-state index contributed by atoms with van der Waals surface area (Å²) in [4.78, 5) is 18.9. The van der Waals surface area contributed by atoms with Crippen molar-refractivity contribution in [1.29, 1.82) is 0 Å². The number of benzene rings is 1. The summed E-state index contributed by atoms with van der Waals surface area (Å²) in [6.45, 7) is 0. The summed E-state index contributed by atoms with van der Waals surface area (Å²) in [5, 5.41) is 0.742. The van der Waals surface area contributed by atoms with E-state index in [9.17, 15) is 9.18 Å². The molecule has 2 aromatic rings. The molecule has 0 saturated heterocycles. The van der Waals surface area contributed by atoms with Gasteiger partial charge >= 0.3 is 0 Å². The van der Waals surface area contributed by atoms with Crippen LogP contribution in [-0.4, -0.2) is 17.8 Å². The van der Waals surface area contributed by atoms with Crippen molar-refractivity contribution in [3.63, 3.8) is 0 Å². The summed E-state index contributed by atoms with van der Waals surface area (Å²) >= 11 is 1.40. The maximum Gasteiger partial charge on any atom is 0.190 e. The van der Waals surface area contributed by atoms with Gasteiger partial charge in [-0.3, -0.25) is 4.79 Å². The molecule has 0 saturated carbocycles. The third-order valence-electron chi connectivity index (χ3n) is 3.24. The van der Waals surface area contributed by atoms with Crippen molar-refractivity contribution in [1.82, 2.24) is 4.98 Å². The Morgan fingerprint density at radius 2 is 2.21 bits per heavy atom. The van der Waals surface area contributed by atoms with Gasteiger partial charge in [0.15, 0.2) is 10.9 Å². The van der Waals surface area contributed by atoms with Gasteiger partial charge in [-0.2, -0.15) is 0 Å². The van der Waals surface area contributed by atoms with Gasteiger partial charge in [-0.25, -0.2) is 9.37 Å². The Morgan fingerprint density at radius 3 is 2.95 bits per heavy atom. The monoisotopic (exact) mass is 276 g/mol. The molecule has 98 valence electrons. The van der Waals surface area contributed by atoms with Crippen molar-refractivity contribution in [2.45, 2.75) is 19.3 Å². The van der Waals surface area contributed by atoms with Crippen LogP contribution in [0.15, 0.2) is 24.3 Å². The fourth-order valence-corrected chi connectivity index (χ4v) is 3.26. The van der Waals surface area contributed by atoms with Crippen molar-refractivity contribution in [3.8, 4) is 0 Å². The molecular formula is C14H13FN2OS. The zero-order valence-electron chi connectivity index (χ0n) is 10.5. The second kappa shape index (κ2) is 4.74. The molecule has 1 heterocycles. The molecule has 5 heteroatoms. The molecule has 0 fully saturated rings. The molecule has 0 radical (unpaired) electrons. The number of Topliss-reactive ketones (excluding diaryl/α,β-unsaturated/α-hetero) is 1. The van der Waals surface area contributed by atoms with E-state index in [4.69, 9.17) is 0 Å². The van der Waals surface area contributed by atoms with Crippen molar-refractivity contribution >= 4 is 27.9 Å². The fourth-order valence-electron chi connectivity index (χ4n) is 2.20. The molecule has 0 atom stereocenters. The number of hydrogen-bond acceptors (Lipinski definition) is 4. The van der Waals surface area contributed by atoms with E-state index in [1.807, 2.05) is 18.0 Å². The second-order valence-corrected chi connectivity index (χ2v) is 5.57. The summed E-state index contributed by atoms with van der Waals surface area (Å²) in [5.41, 5.74) is 1.62. The molecule has 0 N–H and O–H groups in total.